The van der Waals surface area contributed by atoms with Crippen LogP contribution in [0.4, 0.5) is 5.69 Å². The van der Waals surface area contributed by atoms with Crippen molar-refractivity contribution >= 4 is 11.6 Å². The maximum atomic E-state index is 12.3. The van der Waals surface area contributed by atoms with Gasteiger partial charge in [0, 0.05) is 0 Å². The minimum atomic E-state index is -0.733. The highest BCUT2D eigenvalue weighted by Gasteiger charge is 2.18. The molecule has 2 rings (SSSR count). The van der Waals surface area contributed by atoms with E-state index in [2.05, 4.69) is 5.32 Å². The molecule has 1 N–H and O–H groups in total. The van der Waals surface area contributed by atoms with Crippen molar-refractivity contribution in [3.8, 4) is 17.6 Å². The van der Waals surface area contributed by atoms with Gasteiger partial charge in [0.1, 0.15) is 6.07 Å². The van der Waals surface area contributed by atoms with Crippen LogP contribution in [0.25, 0.3) is 0 Å². The lowest BCUT2D eigenvalue weighted by atomic mass is 10.2. The number of nitrogens with zero attached hydrogens (tertiary/aromatic N) is 1. The van der Waals surface area contributed by atoms with Crippen molar-refractivity contribution in [1.29, 1.82) is 5.26 Å². The third kappa shape index (κ3) is 4.24. The van der Waals surface area contributed by atoms with Gasteiger partial charge in [-0.15, -0.1) is 0 Å². The summed E-state index contributed by atoms with van der Waals surface area (Å²) in [6.45, 7) is 4.04. The third-order valence-corrected chi connectivity index (χ3v) is 3.13. The number of anilines is 1. The molecule has 2 aromatic rings. The van der Waals surface area contributed by atoms with Crippen molar-refractivity contribution in [2.75, 3.05) is 11.9 Å². The molecule has 0 aliphatic rings. The van der Waals surface area contributed by atoms with Crippen LogP contribution >= 0.6 is 0 Å². The monoisotopic (exact) mass is 310 g/mol. The van der Waals surface area contributed by atoms with Crippen molar-refractivity contribution in [2.24, 2.45) is 0 Å². The van der Waals surface area contributed by atoms with Crippen LogP contribution in [-0.4, -0.2) is 18.6 Å². The molecule has 0 aliphatic carbocycles. The van der Waals surface area contributed by atoms with Crippen LogP contribution in [-0.2, 0) is 4.79 Å². The van der Waals surface area contributed by atoms with E-state index in [9.17, 15) is 4.79 Å². The fourth-order valence-corrected chi connectivity index (χ4v) is 1.99. The van der Waals surface area contributed by atoms with Crippen molar-refractivity contribution in [1.82, 2.24) is 0 Å². The van der Waals surface area contributed by atoms with Gasteiger partial charge in [0.25, 0.3) is 5.91 Å². The number of para-hydroxylation sites is 3. The second kappa shape index (κ2) is 7.85. The summed E-state index contributed by atoms with van der Waals surface area (Å²) in [6.07, 6.45) is -0.733. The second-order valence-electron chi connectivity index (χ2n) is 4.79. The van der Waals surface area contributed by atoms with Gasteiger partial charge in [0.05, 0.1) is 17.9 Å². The van der Waals surface area contributed by atoms with E-state index in [1.54, 1.807) is 43.3 Å². The summed E-state index contributed by atoms with van der Waals surface area (Å²) >= 11 is 0. The Kier molecular flexibility index (Phi) is 5.59. The Labute approximate surface area is 135 Å². The number of hydrogen-bond donors (Lipinski definition) is 1. The van der Waals surface area contributed by atoms with Gasteiger partial charge in [-0.05, 0) is 38.1 Å². The number of ether oxygens (including phenoxy) is 2. The Morgan fingerprint density at radius 2 is 1.83 bits per heavy atom. The number of rotatable bonds is 6. The fraction of sp³-hybridized carbons (Fsp3) is 0.222. The van der Waals surface area contributed by atoms with Gasteiger partial charge in [0.15, 0.2) is 17.6 Å². The third-order valence-electron chi connectivity index (χ3n) is 3.13. The van der Waals surface area contributed by atoms with E-state index in [-0.39, 0.29) is 5.91 Å². The van der Waals surface area contributed by atoms with E-state index >= 15 is 0 Å². The van der Waals surface area contributed by atoms with Gasteiger partial charge in [-0.3, -0.25) is 4.79 Å². The molecule has 0 bridgehead atoms. The lowest BCUT2D eigenvalue weighted by Crippen LogP contribution is -2.30. The number of benzene rings is 2. The van der Waals surface area contributed by atoms with Gasteiger partial charge in [-0.1, -0.05) is 24.3 Å². The molecule has 0 heterocycles. The molecule has 23 heavy (non-hydrogen) atoms. The van der Waals surface area contributed by atoms with E-state index in [1.807, 2.05) is 25.1 Å². The van der Waals surface area contributed by atoms with Crippen molar-refractivity contribution in [2.45, 2.75) is 20.0 Å². The van der Waals surface area contributed by atoms with Gasteiger partial charge < -0.3 is 14.8 Å². The summed E-state index contributed by atoms with van der Waals surface area (Å²) < 4.78 is 11.2. The highest BCUT2D eigenvalue weighted by atomic mass is 16.5. The average Bonchev–Trinajstić information content (AvgIpc) is 2.57. The first kappa shape index (κ1) is 16.4. The highest BCUT2D eigenvalue weighted by molar-refractivity contribution is 5.95. The van der Waals surface area contributed by atoms with Crippen LogP contribution in [0.5, 0.6) is 11.5 Å². The minimum absolute atomic E-state index is 0.334. The predicted octanol–water partition coefficient (Wildman–Crippen LogP) is 3.36. The molecule has 0 fully saturated rings. The maximum absolute atomic E-state index is 12.3. The summed E-state index contributed by atoms with van der Waals surface area (Å²) in [5.41, 5.74) is 0.872. The largest absolute Gasteiger partial charge is 0.490 e. The maximum Gasteiger partial charge on any atom is 0.265 e. The summed E-state index contributed by atoms with van der Waals surface area (Å²) in [5.74, 6) is 0.761. The van der Waals surface area contributed by atoms with Crippen LogP contribution < -0.4 is 14.8 Å². The molecule has 118 valence electrons. The summed E-state index contributed by atoms with van der Waals surface area (Å²) in [6, 6.07) is 16.0. The molecule has 0 saturated carbocycles. The number of carbonyl (C=O) groups excluding carboxylic acids is 1. The Balaban J connectivity index is 2.08. The fourth-order valence-electron chi connectivity index (χ4n) is 1.99. The average molecular weight is 310 g/mol. The van der Waals surface area contributed by atoms with Crippen molar-refractivity contribution in [3.63, 3.8) is 0 Å². The first-order valence-electron chi connectivity index (χ1n) is 7.34. The number of carbonyl (C=O) groups is 1. The molecule has 1 atom stereocenters. The number of hydrogen-bond acceptors (Lipinski definition) is 4. The van der Waals surface area contributed by atoms with E-state index in [0.29, 0.717) is 29.4 Å². The summed E-state index contributed by atoms with van der Waals surface area (Å²) in [7, 11) is 0. The zero-order chi connectivity index (χ0) is 16.7. The molecule has 0 spiro atoms. The van der Waals surface area contributed by atoms with E-state index in [4.69, 9.17) is 14.7 Å². The molecule has 0 radical (unpaired) electrons. The van der Waals surface area contributed by atoms with Gasteiger partial charge in [-0.25, -0.2) is 0 Å². The van der Waals surface area contributed by atoms with Gasteiger partial charge in [-0.2, -0.15) is 5.26 Å². The lowest BCUT2D eigenvalue weighted by Gasteiger charge is -2.17. The molecular weight excluding hydrogens is 292 g/mol. The number of nitriles is 1. The Bertz CT molecular complexity index is 722. The number of nitrogens with one attached hydrogen (secondary N) is 1. The van der Waals surface area contributed by atoms with Crippen LogP contribution in [0.15, 0.2) is 48.5 Å². The summed E-state index contributed by atoms with van der Waals surface area (Å²) in [4.78, 5) is 12.3. The van der Waals surface area contributed by atoms with E-state index in [0.717, 1.165) is 0 Å². The van der Waals surface area contributed by atoms with Crippen LogP contribution in [0.3, 0.4) is 0 Å². The molecule has 5 heteroatoms. The Morgan fingerprint density at radius 1 is 1.17 bits per heavy atom. The second-order valence-corrected chi connectivity index (χ2v) is 4.79. The van der Waals surface area contributed by atoms with Crippen molar-refractivity contribution < 1.29 is 14.3 Å². The molecule has 0 unspecified atom stereocenters. The smallest absolute Gasteiger partial charge is 0.265 e. The Morgan fingerprint density at radius 3 is 2.52 bits per heavy atom. The molecule has 0 saturated heterocycles. The minimum Gasteiger partial charge on any atom is -0.490 e. The predicted molar refractivity (Wildman–Crippen MR) is 87.5 cm³/mol. The van der Waals surface area contributed by atoms with E-state index < -0.39 is 6.10 Å². The van der Waals surface area contributed by atoms with Crippen LogP contribution in [0.1, 0.15) is 19.4 Å². The SMILES string of the molecule is CCOc1ccccc1O[C@@H](C)C(=O)Nc1ccccc1C#N. The van der Waals surface area contributed by atoms with Gasteiger partial charge in [0.2, 0.25) is 0 Å². The number of amides is 1. The molecule has 0 aliphatic heterocycles. The molecule has 5 nitrogen and oxygen atoms in total. The first-order valence-corrected chi connectivity index (χ1v) is 7.34. The van der Waals surface area contributed by atoms with Gasteiger partial charge >= 0.3 is 0 Å². The lowest BCUT2D eigenvalue weighted by molar-refractivity contribution is -0.122. The molecule has 0 aromatic heterocycles. The standard InChI is InChI=1S/C18H18N2O3/c1-3-22-16-10-6-7-11-17(16)23-13(2)18(21)20-15-9-5-4-8-14(15)12-19/h4-11,13H,3H2,1-2H3,(H,20,21)/t13-/m0/s1. The first-order chi connectivity index (χ1) is 11.2. The van der Waals surface area contributed by atoms with Crippen LogP contribution in [0.2, 0.25) is 0 Å². The highest BCUT2D eigenvalue weighted by Crippen LogP contribution is 2.27. The molecular formula is C18H18N2O3. The Hall–Kier alpha value is -3.00. The quantitative estimate of drug-likeness (QED) is 0.888. The molecule has 1 amide bonds. The zero-order valence-corrected chi connectivity index (χ0v) is 13.1. The summed E-state index contributed by atoms with van der Waals surface area (Å²) in [5, 5.41) is 11.8. The van der Waals surface area contributed by atoms with E-state index in [1.165, 1.54) is 0 Å². The molecule has 2 aromatic carbocycles. The topological polar surface area (TPSA) is 71.3 Å². The van der Waals surface area contributed by atoms with Crippen molar-refractivity contribution in [3.05, 3.63) is 54.1 Å². The normalized spacial score (nSPS) is 11.2. The zero-order valence-electron chi connectivity index (χ0n) is 13.1. The van der Waals surface area contributed by atoms with Crippen LogP contribution in [0, 0.1) is 11.3 Å².